The van der Waals surface area contributed by atoms with Crippen LogP contribution in [0.5, 0.6) is 0 Å². The Morgan fingerprint density at radius 2 is 2.05 bits per heavy atom. The summed E-state index contributed by atoms with van der Waals surface area (Å²) in [4.78, 5) is 16.1. The fourth-order valence-corrected chi connectivity index (χ4v) is 1.76. The van der Waals surface area contributed by atoms with Crippen molar-refractivity contribution in [3.63, 3.8) is 0 Å². The third-order valence-electron chi connectivity index (χ3n) is 2.57. The molecule has 0 aromatic carbocycles. The summed E-state index contributed by atoms with van der Waals surface area (Å²) in [6.07, 6.45) is 0.928. The van der Waals surface area contributed by atoms with Gasteiger partial charge in [-0.2, -0.15) is 0 Å². The van der Waals surface area contributed by atoms with Crippen LogP contribution in [0.4, 0.5) is 5.82 Å². The molecule has 1 heterocycles. The minimum atomic E-state index is -0.118. The quantitative estimate of drug-likeness (QED) is 0.815. The summed E-state index contributed by atoms with van der Waals surface area (Å²) in [6.45, 7) is 9.78. The van der Waals surface area contributed by atoms with Gasteiger partial charge in [0.25, 0.3) is 5.91 Å². The van der Waals surface area contributed by atoms with E-state index in [1.54, 1.807) is 12.1 Å². The number of amides is 1. The molecule has 106 valence electrons. The van der Waals surface area contributed by atoms with Gasteiger partial charge < -0.3 is 10.6 Å². The second-order valence-electron chi connectivity index (χ2n) is 5.66. The van der Waals surface area contributed by atoms with E-state index in [1.807, 2.05) is 6.92 Å². The summed E-state index contributed by atoms with van der Waals surface area (Å²) < 4.78 is 0. The Hall–Kier alpha value is -1.29. The van der Waals surface area contributed by atoms with Gasteiger partial charge in [0.15, 0.2) is 0 Å². The lowest BCUT2D eigenvalue weighted by atomic mass is 9.92. The number of nitrogens with one attached hydrogen (secondary N) is 2. The molecule has 0 spiro atoms. The van der Waals surface area contributed by atoms with Crippen LogP contribution in [-0.4, -0.2) is 24.0 Å². The lowest BCUT2D eigenvalue weighted by molar-refractivity contribution is 0.0949. The topological polar surface area (TPSA) is 54.0 Å². The lowest BCUT2D eigenvalue weighted by Gasteiger charge is -2.18. The summed E-state index contributed by atoms with van der Waals surface area (Å²) in [5.74, 6) is 0.503. The molecular weight excluding hydrogens is 262 g/mol. The first-order valence-corrected chi connectivity index (χ1v) is 6.89. The van der Waals surface area contributed by atoms with Gasteiger partial charge in [-0.3, -0.25) is 4.79 Å². The number of rotatable bonds is 5. The highest BCUT2D eigenvalue weighted by molar-refractivity contribution is 6.29. The van der Waals surface area contributed by atoms with Gasteiger partial charge in [0, 0.05) is 18.7 Å². The molecule has 0 radical (unpaired) electrons. The Labute approximate surface area is 120 Å². The SMILES string of the molecule is CCNc1cc(C(=O)NCCC(C)(C)C)cc(Cl)n1. The fraction of sp³-hybridized carbons (Fsp3) is 0.571. The van der Waals surface area contributed by atoms with Crippen LogP contribution in [0, 0.1) is 5.41 Å². The summed E-state index contributed by atoms with van der Waals surface area (Å²) in [5.41, 5.74) is 0.739. The smallest absolute Gasteiger partial charge is 0.251 e. The van der Waals surface area contributed by atoms with Crippen LogP contribution < -0.4 is 10.6 Å². The maximum atomic E-state index is 12.0. The van der Waals surface area contributed by atoms with Gasteiger partial charge >= 0.3 is 0 Å². The number of aromatic nitrogens is 1. The van der Waals surface area contributed by atoms with Crippen LogP contribution in [0.15, 0.2) is 12.1 Å². The van der Waals surface area contributed by atoms with Crippen molar-refractivity contribution in [1.29, 1.82) is 0 Å². The third-order valence-corrected chi connectivity index (χ3v) is 2.77. The first-order valence-electron chi connectivity index (χ1n) is 6.51. The average molecular weight is 284 g/mol. The maximum absolute atomic E-state index is 12.0. The molecule has 1 aromatic rings. The largest absolute Gasteiger partial charge is 0.370 e. The summed E-state index contributed by atoms with van der Waals surface area (Å²) in [6, 6.07) is 3.29. The molecule has 0 aliphatic heterocycles. The van der Waals surface area contributed by atoms with Gasteiger partial charge in [-0.1, -0.05) is 32.4 Å². The molecule has 0 unspecified atom stereocenters. The second-order valence-corrected chi connectivity index (χ2v) is 6.05. The van der Waals surface area contributed by atoms with Crippen molar-refractivity contribution >= 4 is 23.3 Å². The number of hydrogen-bond donors (Lipinski definition) is 2. The second kappa shape index (κ2) is 6.75. The van der Waals surface area contributed by atoms with E-state index in [0.29, 0.717) is 23.1 Å². The zero-order valence-electron chi connectivity index (χ0n) is 12.0. The lowest BCUT2D eigenvalue weighted by Crippen LogP contribution is -2.27. The van der Waals surface area contributed by atoms with Crippen LogP contribution in [0.2, 0.25) is 5.15 Å². The highest BCUT2D eigenvalue weighted by atomic mass is 35.5. The van der Waals surface area contributed by atoms with Crippen LogP contribution in [0.1, 0.15) is 44.5 Å². The molecule has 0 saturated heterocycles. The molecule has 4 nitrogen and oxygen atoms in total. The van der Waals surface area contributed by atoms with Crippen molar-refractivity contribution in [2.75, 3.05) is 18.4 Å². The number of halogens is 1. The standard InChI is InChI=1S/C14H22ClN3O/c1-5-16-12-9-10(8-11(15)18-12)13(19)17-7-6-14(2,3)4/h8-9H,5-7H2,1-4H3,(H,16,18)(H,17,19). The molecule has 1 aromatic heterocycles. The third kappa shape index (κ3) is 5.92. The van der Waals surface area contributed by atoms with E-state index in [1.165, 1.54) is 0 Å². The first-order chi connectivity index (χ1) is 8.81. The van der Waals surface area contributed by atoms with Crippen LogP contribution in [-0.2, 0) is 0 Å². The van der Waals surface area contributed by atoms with Crippen LogP contribution in [0.3, 0.4) is 0 Å². The van der Waals surface area contributed by atoms with E-state index in [9.17, 15) is 4.79 Å². The monoisotopic (exact) mass is 283 g/mol. The highest BCUT2D eigenvalue weighted by Crippen LogP contribution is 2.18. The van der Waals surface area contributed by atoms with Crippen molar-refractivity contribution in [3.8, 4) is 0 Å². The molecule has 5 heteroatoms. The van der Waals surface area contributed by atoms with Gasteiger partial charge in [-0.15, -0.1) is 0 Å². The van der Waals surface area contributed by atoms with Crippen molar-refractivity contribution in [2.24, 2.45) is 5.41 Å². The molecular formula is C14H22ClN3O. The normalized spacial score (nSPS) is 11.2. The number of carbonyl (C=O) groups excluding carboxylic acids is 1. The van der Waals surface area contributed by atoms with Crippen molar-refractivity contribution in [3.05, 3.63) is 22.8 Å². The number of pyridine rings is 1. The van der Waals surface area contributed by atoms with Gasteiger partial charge in [0.1, 0.15) is 11.0 Å². The Morgan fingerprint density at radius 3 is 2.63 bits per heavy atom. The fourth-order valence-electron chi connectivity index (χ4n) is 1.55. The molecule has 0 bridgehead atoms. The van der Waals surface area contributed by atoms with E-state index in [4.69, 9.17) is 11.6 Å². The number of nitrogens with zero attached hydrogens (tertiary/aromatic N) is 1. The minimum Gasteiger partial charge on any atom is -0.370 e. The molecule has 0 aliphatic rings. The first kappa shape index (κ1) is 15.8. The summed E-state index contributed by atoms with van der Waals surface area (Å²) >= 11 is 5.91. The summed E-state index contributed by atoms with van der Waals surface area (Å²) in [5, 5.41) is 6.27. The molecule has 0 atom stereocenters. The zero-order chi connectivity index (χ0) is 14.5. The Morgan fingerprint density at radius 1 is 1.37 bits per heavy atom. The summed E-state index contributed by atoms with van der Waals surface area (Å²) in [7, 11) is 0. The molecule has 1 rings (SSSR count). The maximum Gasteiger partial charge on any atom is 0.251 e. The molecule has 2 N–H and O–H groups in total. The number of carbonyl (C=O) groups is 1. The average Bonchev–Trinajstić information content (AvgIpc) is 2.26. The van der Waals surface area contributed by atoms with Gasteiger partial charge in [-0.05, 0) is 30.9 Å². The van der Waals surface area contributed by atoms with Crippen molar-refractivity contribution in [2.45, 2.75) is 34.1 Å². The molecule has 1 amide bonds. The predicted octanol–water partition coefficient (Wildman–Crippen LogP) is 3.33. The van der Waals surface area contributed by atoms with Gasteiger partial charge in [0.05, 0.1) is 0 Å². The van der Waals surface area contributed by atoms with E-state index in [0.717, 1.165) is 13.0 Å². The van der Waals surface area contributed by atoms with Crippen molar-refractivity contribution < 1.29 is 4.79 Å². The Balaban J connectivity index is 2.66. The van der Waals surface area contributed by atoms with Crippen molar-refractivity contribution in [1.82, 2.24) is 10.3 Å². The van der Waals surface area contributed by atoms with Crippen LogP contribution in [0.25, 0.3) is 0 Å². The molecule has 0 fully saturated rings. The predicted molar refractivity (Wildman–Crippen MR) is 79.8 cm³/mol. The van der Waals surface area contributed by atoms with E-state index in [2.05, 4.69) is 36.4 Å². The molecule has 0 saturated carbocycles. The molecule has 0 aliphatic carbocycles. The Bertz CT molecular complexity index is 441. The van der Waals surface area contributed by atoms with Gasteiger partial charge in [0.2, 0.25) is 0 Å². The number of hydrogen-bond acceptors (Lipinski definition) is 3. The van der Waals surface area contributed by atoms with Gasteiger partial charge in [-0.25, -0.2) is 4.98 Å². The number of anilines is 1. The Kier molecular flexibility index (Phi) is 5.60. The minimum absolute atomic E-state index is 0.118. The van der Waals surface area contributed by atoms with Crippen LogP contribution >= 0.6 is 11.6 Å². The molecule has 19 heavy (non-hydrogen) atoms. The van der Waals surface area contributed by atoms with E-state index in [-0.39, 0.29) is 11.3 Å². The van der Waals surface area contributed by atoms with E-state index < -0.39 is 0 Å². The zero-order valence-corrected chi connectivity index (χ0v) is 12.8. The van der Waals surface area contributed by atoms with E-state index >= 15 is 0 Å². The highest BCUT2D eigenvalue weighted by Gasteiger charge is 2.12.